The normalized spacial score (nSPS) is 17.5. The van der Waals surface area contributed by atoms with E-state index in [-0.39, 0.29) is 5.28 Å². The van der Waals surface area contributed by atoms with E-state index in [0.717, 1.165) is 6.54 Å². The lowest BCUT2D eigenvalue weighted by Gasteiger charge is -2.14. The molecule has 1 heterocycles. The van der Waals surface area contributed by atoms with Gasteiger partial charge in [0, 0.05) is 11.3 Å². The lowest BCUT2D eigenvalue weighted by Crippen LogP contribution is -2.19. The Morgan fingerprint density at radius 1 is 1.67 bits per heavy atom. The molecule has 0 atom stereocenters. The van der Waals surface area contributed by atoms with Crippen molar-refractivity contribution in [3.63, 3.8) is 0 Å². The summed E-state index contributed by atoms with van der Waals surface area (Å²) in [4.78, 5) is 7.85. The number of nitrogens with two attached hydrogens (primary N) is 1. The Morgan fingerprint density at radius 3 is 3.00 bits per heavy atom. The van der Waals surface area contributed by atoms with Crippen LogP contribution in [0.15, 0.2) is 6.20 Å². The minimum Gasteiger partial charge on any atom is -0.394 e. The minimum atomic E-state index is 0.223. The highest BCUT2D eigenvalue weighted by Crippen LogP contribution is 2.47. The first kappa shape index (κ1) is 10.8. The van der Waals surface area contributed by atoms with E-state index in [1.54, 1.807) is 0 Å². The van der Waals surface area contributed by atoms with Crippen molar-refractivity contribution in [2.45, 2.75) is 17.6 Å². The molecule has 0 spiro atoms. The first-order chi connectivity index (χ1) is 7.15. The molecule has 0 bridgehead atoms. The van der Waals surface area contributed by atoms with Crippen LogP contribution in [0.4, 0.5) is 11.5 Å². The zero-order chi connectivity index (χ0) is 10.9. The lowest BCUT2D eigenvalue weighted by molar-refractivity contribution is 0.938. The second-order valence-electron chi connectivity index (χ2n) is 3.68. The molecular weight excluding hydrogens is 232 g/mol. The van der Waals surface area contributed by atoms with Gasteiger partial charge in [-0.1, -0.05) is 0 Å². The van der Waals surface area contributed by atoms with E-state index in [2.05, 4.69) is 21.5 Å². The Labute approximate surface area is 98.0 Å². The van der Waals surface area contributed by atoms with Crippen LogP contribution in [0.2, 0.25) is 5.28 Å². The average molecular weight is 245 g/mol. The predicted molar refractivity (Wildman–Crippen MR) is 65.4 cm³/mol. The van der Waals surface area contributed by atoms with Gasteiger partial charge in [-0.2, -0.15) is 16.7 Å². The number of thioether (sulfide) groups is 1. The summed E-state index contributed by atoms with van der Waals surface area (Å²) >= 11 is 7.58. The van der Waals surface area contributed by atoms with E-state index in [0.29, 0.717) is 16.3 Å². The monoisotopic (exact) mass is 244 g/mol. The second kappa shape index (κ2) is 4.06. The summed E-state index contributed by atoms with van der Waals surface area (Å²) in [5.74, 6) is 0.635. The third-order valence-electron chi connectivity index (χ3n) is 2.61. The summed E-state index contributed by atoms with van der Waals surface area (Å²) in [5.41, 5.74) is 6.27. The SMILES string of the molecule is CSC1(CNc2nc(Cl)ncc2N)CC1. The Bertz CT molecular complexity index is 367. The first-order valence-electron chi connectivity index (χ1n) is 4.72. The van der Waals surface area contributed by atoms with Gasteiger partial charge in [0.1, 0.15) is 0 Å². The van der Waals surface area contributed by atoms with Crippen LogP contribution in [0.25, 0.3) is 0 Å². The molecule has 1 aliphatic carbocycles. The van der Waals surface area contributed by atoms with Crippen molar-refractivity contribution < 1.29 is 0 Å². The topological polar surface area (TPSA) is 63.8 Å². The standard InChI is InChI=1S/C9H13ClN4S/c1-15-9(2-3-9)5-13-7-6(11)4-12-8(10)14-7/h4H,2-3,5,11H2,1H3,(H,12,13,14). The molecule has 0 aromatic carbocycles. The number of nitrogens with one attached hydrogen (secondary N) is 1. The van der Waals surface area contributed by atoms with Gasteiger partial charge in [-0.05, 0) is 30.7 Å². The Balaban J connectivity index is 2.01. The van der Waals surface area contributed by atoms with Gasteiger partial charge in [0.25, 0.3) is 0 Å². The molecule has 1 aliphatic rings. The summed E-state index contributed by atoms with van der Waals surface area (Å²) in [7, 11) is 0. The van der Waals surface area contributed by atoms with Gasteiger partial charge in [0.15, 0.2) is 5.82 Å². The van der Waals surface area contributed by atoms with Gasteiger partial charge in [0.2, 0.25) is 5.28 Å². The second-order valence-corrected chi connectivity index (χ2v) is 5.30. The summed E-state index contributed by atoms with van der Waals surface area (Å²) in [6.45, 7) is 0.881. The summed E-state index contributed by atoms with van der Waals surface area (Å²) in [5, 5.41) is 3.45. The Kier molecular flexibility index (Phi) is 2.93. The van der Waals surface area contributed by atoms with Crippen molar-refractivity contribution in [1.29, 1.82) is 0 Å². The van der Waals surface area contributed by atoms with Crippen LogP contribution in [-0.2, 0) is 0 Å². The first-order valence-corrected chi connectivity index (χ1v) is 6.32. The van der Waals surface area contributed by atoms with Crippen molar-refractivity contribution in [1.82, 2.24) is 9.97 Å². The van der Waals surface area contributed by atoms with Gasteiger partial charge in [-0.3, -0.25) is 0 Å². The fourth-order valence-corrected chi connectivity index (χ4v) is 2.21. The van der Waals surface area contributed by atoms with Crippen molar-refractivity contribution in [2.24, 2.45) is 0 Å². The molecule has 15 heavy (non-hydrogen) atoms. The van der Waals surface area contributed by atoms with Crippen molar-refractivity contribution >= 4 is 34.9 Å². The maximum Gasteiger partial charge on any atom is 0.224 e. The summed E-state index contributed by atoms with van der Waals surface area (Å²) in [6.07, 6.45) is 6.15. The number of hydrogen-bond donors (Lipinski definition) is 2. The van der Waals surface area contributed by atoms with Crippen LogP contribution in [0.3, 0.4) is 0 Å². The van der Waals surface area contributed by atoms with Gasteiger partial charge in [-0.25, -0.2) is 4.98 Å². The van der Waals surface area contributed by atoms with E-state index >= 15 is 0 Å². The van der Waals surface area contributed by atoms with Crippen LogP contribution >= 0.6 is 23.4 Å². The van der Waals surface area contributed by atoms with Gasteiger partial charge in [0.05, 0.1) is 11.9 Å². The number of hydrogen-bond acceptors (Lipinski definition) is 5. The highest BCUT2D eigenvalue weighted by molar-refractivity contribution is 8.00. The van der Waals surface area contributed by atoms with E-state index in [9.17, 15) is 0 Å². The summed E-state index contributed by atoms with van der Waals surface area (Å²) < 4.78 is 0.379. The van der Waals surface area contributed by atoms with Crippen LogP contribution in [0.1, 0.15) is 12.8 Å². The average Bonchev–Trinajstić information content (AvgIpc) is 3.00. The number of rotatable bonds is 4. The molecule has 1 aromatic heterocycles. The molecule has 3 N–H and O–H groups in total. The zero-order valence-electron chi connectivity index (χ0n) is 8.46. The van der Waals surface area contributed by atoms with E-state index in [1.807, 2.05) is 11.8 Å². The maximum absolute atomic E-state index is 5.73. The summed E-state index contributed by atoms with van der Waals surface area (Å²) in [6, 6.07) is 0. The molecule has 0 saturated heterocycles. The third kappa shape index (κ3) is 2.46. The van der Waals surface area contributed by atoms with Gasteiger partial charge in [-0.15, -0.1) is 0 Å². The number of nitrogens with zero attached hydrogens (tertiary/aromatic N) is 2. The molecule has 1 aromatic rings. The molecule has 1 fully saturated rings. The minimum absolute atomic E-state index is 0.223. The molecule has 82 valence electrons. The van der Waals surface area contributed by atoms with Gasteiger partial charge < -0.3 is 11.1 Å². The molecule has 1 saturated carbocycles. The number of aromatic nitrogens is 2. The van der Waals surface area contributed by atoms with Crippen molar-refractivity contribution in [3.05, 3.63) is 11.5 Å². The molecule has 0 aliphatic heterocycles. The van der Waals surface area contributed by atoms with E-state index < -0.39 is 0 Å². The van der Waals surface area contributed by atoms with Crippen LogP contribution in [0.5, 0.6) is 0 Å². The largest absolute Gasteiger partial charge is 0.394 e. The van der Waals surface area contributed by atoms with E-state index in [4.69, 9.17) is 17.3 Å². The molecule has 0 unspecified atom stereocenters. The molecule has 0 radical (unpaired) electrons. The van der Waals surface area contributed by atoms with Crippen molar-refractivity contribution in [2.75, 3.05) is 23.9 Å². The van der Waals surface area contributed by atoms with Crippen molar-refractivity contribution in [3.8, 4) is 0 Å². The van der Waals surface area contributed by atoms with Crippen LogP contribution in [-0.4, -0.2) is 27.5 Å². The molecule has 4 nitrogen and oxygen atoms in total. The molecule has 2 rings (SSSR count). The number of anilines is 2. The molecular formula is C9H13ClN4S. The molecule has 0 amide bonds. The Hall–Kier alpha value is -0.680. The van der Waals surface area contributed by atoms with Gasteiger partial charge >= 0.3 is 0 Å². The highest BCUT2D eigenvalue weighted by atomic mass is 35.5. The van der Waals surface area contributed by atoms with Crippen LogP contribution in [0, 0.1) is 0 Å². The fraction of sp³-hybridized carbons (Fsp3) is 0.556. The smallest absolute Gasteiger partial charge is 0.224 e. The zero-order valence-corrected chi connectivity index (χ0v) is 10.0. The third-order valence-corrected chi connectivity index (χ3v) is 4.21. The van der Waals surface area contributed by atoms with Crippen LogP contribution < -0.4 is 11.1 Å². The lowest BCUT2D eigenvalue weighted by atomic mass is 10.4. The maximum atomic E-state index is 5.73. The quantitative estimate of drug-likeness (QED) is 0.794. The highest BCUT2D eigenvalue weighted by Gasteiger charge is 2.41. The fourth-order valence-electron chi connectivity index (χ4n) is 1.35. The number of nitrogen functional groups attached to an aromatic ring is 1. The molecule has 6 heteroatoms. The Morgan fingerprint density at radius 2 is 2.40 bits per heavy atom. The number of halogens is 1. The predicted octanol–water partition coefficient (Wildman–Crippen LogP) is 2.02. The van der Waals surface area contributed by atoms with E-state index in [1.165, 1.54) is 19.0 Å².